The van der Waals surface area contributed by atoms with Gasteiger partial charge in [-0.1, -0.05) is 17.7 Å². The first kappa shape index (κ1) is 16.1. The number of benzene rings is 2. The number of carbonyl (C=O) groups excluding carboxylic acids is 1. The molecule has 1 N–H and O–H groups in total. The van der Waals surface area contributed by atoms with E-state index in [0.717, 1.165) is 0 Å². The first-order valence-electron chi connectivity index (χ1n) is 6.91. The number of rotatable bonds is 4. The molecular weight excluding hydrogens is 338 g/mol. The van der Waals surface area contributed by atoms with Crippen LogP contribution in [0.1, 0.15) is 15.9 Å². The minimum atomic E-state index is -0.451. The van der Waals surface area contributed by atoms with Crippen molar-refractivity contribution in [1.29, 1.82) is 0 Å². The monoisotopic (exact) mass is 348 g/mol. The molecule has 0 aliphatic rings. The maximum atomic E-state index is 13.0. The summed E-state index contributed by atoms with van der Waals surface area (Å²) < 4.78 is 27.3. The van der Waals surface area contributed by atoms with Crippen LogP contribution in [0.4, 0.5) is 14.7 Å². The van der Waals surface area contributed by atoms with Crippen molar-refractivity contribution in [3.05, 3.63) is 76.6 Å². The lowest BCUT2D eigenvalue weighted by molar-refractivity contribution is 0.102. The van der Waals surface area contributed by atoms with Crippen molar-refractivity contribution in [2.24, 2.45) is 0 Å². The van der Waals surface area contributed by atoms with Gasteiger partial charge in [-0.2, -0.15) is 0 Å². The third kappa shape index (κ3) is 3.75. The largest absolute Gasteiger partial charge is 0.289 e. The predicted molar refractivity (Wildman–Crippen MR) is 84.9 cm³/mol. The van der Waals surface area contributed by atoms with Crippen molar-refractivity contribution in [3.63, 3.8) is 0 Å². The van der Waals surface area contributed by atoms with Gasteiger partial charge in [-0.25, -0.2) is 18.4 Å². The summed E-state index contributed by atoms with van der Waals surface area (Å²) in [6, 6.07) is 9.17. The number of aromatic nitrogens is 3. The van der Waals surface area contributed by atoms with Crippen molar-refractivity contribution in [1.82, 2.24) is 14.8 Å². The number of amides is 1. The van der Waals surface area contributed by atoms with Gasteiger partial charge in [-0.15, -0.1) is 5.10 Å². The highest BCUT2D eigenvalue weighted by molar-refractivity contribution is 6.31. The van der Waals surface area contributed by atoms with Crippen molar-refractivity contribution >= 4 is 23.5 Å². The Morgan fingerprint density at radius 3 is 2.54 bits per heavy atom. The summed E-state index contributed by atoms with van der Waals surface area (Å²) in [5, 5.41) is 6.89. The first-order valence-corrected chi connectivity index (χ1v) is 7.29. The Morgan fingerprint density at radius 2 is 1.83 bits per heavy atom. The second-order valence-corrected chi connectivity index (χ2v) is 5.37. The van der Waals surface area contributed by atoms with E-state index in [2.05, 4.69) is 15.4 Å². The van der Waals surface area contributed by atoms with E-state index in [4.69, 9.17) is 11.6 Å². The molecule has 0 unspecified atom stereocenters. The maximum Gasteiger partial charge on any atom is 0.258 e. The molecule has 0 aliphatic heterocycles. The van der Waals surface area contributed by atoms with Crippen LogP contribution in [0.2, 0.25) is 5.02 Å². The highest BCUT2D eigenvalue weighted by atomic mass is 35.5. The number of nitrogens with one attached hydrogen (secondary N) is 1. The van der Waals surface area contributed by atoms with Crippen LogP contribution in [0.3, 0.4) is 0 Å². The SMILES string of the molecule is O=C(Nc1ncn(Cc2ccc(F)cc2Cl)n1)c1ccc(F)cc1. The lowest BCUT2D eigenvalue weighted by Gasteiger charge is -2.04. The molecule has 8 heteroatoms. The van der Waals surface area contributed by atoms with Crippen molar-refractivity contribution in [2.75, 3.05) is 5.32 Å². The van der Waals surface area contributed by atoms with Crippen LogP contribution in [0.15, 0.2) is 48.8 Å². The van der Waals surface area contributed by atoms with Crippen LogP contribution in [0.5, 0.6) is 0 Å². The molecule has 0 aliphatic carbocycles. The smallest absolute Gasteiger partial charge is 0.258 e. The van der Waals surface area contributed by atoms with E-state index >= 15 is 0 Å². The summed E-state index contributed by atoms with van der Waals surface area (Å²) in [5.74, 6) is -1.20. The number of anilines is 1. The first-order chi connectivity index (χ1) is 11.5. The van der Waals surface area contributed by atoms with Gasteiger partial charge >= 0.3 is 0 Å². The van der Waals surface area contributed by atoms with Crippen LogP contribution in [-0.4, -0.2) is 20.7 Å². The molecule has 122 valence electrons. The molecule has 0 saturated heterocycles. The standard InChI is InChI=1S/C16H11ClF2N4O/c17-14-7-13(19)6-3-11(14)8-23-9-20-16(22-23)21-15(24)10-1-4-12(18)5-2-10/h1-7,9H,8H2,(H,21,22,24). The van der Waals surface area contributed by atoms with Gasteiger partial charge in [0.05, 0.1) is 6.54 Å². The molecule has 3 rings (SSSR count). The average Bonchev–Trinajstić information content (AvgIpc) is 2.98. The van der Waals surface area contributed by atoms with Crippen molar-refractivity contribution in [3.8, 4) is 0 Å². The molecule has 3 aromatic rings. The highest BCUT2D eigenvalue weighted by Gasteiger charge is 2.10. The highest BCUT2D eigenvalue weighted by Crippen LogP contribution is 2.18. The molecule has 1 heterocycles. The van der Waals surface area contributed by atoms with Crippen LogP contribution in [0.25, 0.3) is 0 Å². The van der Waals surface area contributed by atoms with Crippen LogP contribution in [0, 0.1) is 11.6 Å². The fourth-order valence-corrected chi connectivity index (χ4v) is 2.25. The lowest BCUT2D eigenvalue weighted by Crippen LogP contribution is -2.13. The molecule has 0 spiro atoms. The molecule has 1 amide bonds. The number of carbonyl (C=O) groups is 1. The van der Waals surface area contributed by atoms with Crippen LogP contribution >= 0.6 is 11.6 Å². The average molecular weight is 349 g/mol. The van der Waals surface area contributed by atoms with Gasteiger partial charge < -0.3 is 0 Å². The van der Waals surface area contributed by atoms with Crippen LogP contribution < -0.4 is 5.32 Å². The summed E-state index contributed by atoms with van der Waals surface area (Å²) in [7, 11) is 0. The molecule has 0 fully saturated rings. The van der Waals surface area contributed by atoms with Gasteiger partial charge in [-0.3, -0.25) is 10.1 Å². The molecule has 0 atom stereocenters. The maximum absolute atomic E-state index is 13.0. The van der Waals surface area contributed by atoms with Gasteiger partial charge in [0.25, 0.3) is 5.91 Å². The Balaban J connectivity index is 1.69. The molecule has 2 aromatic carbocycles. The van der Waals surface area contributed by atoms with Gasteiger partial charge in [0.15, 0.2) is 0 Å². The third-order valence-electron chi connectivity index (χ3n) is 3.22. The van der Waals surface area contributed by atoms with Crippen molar-refractivity contribution in [2.45, 2.75) is 6.54 Å². The zero-order chi connectivity index (χ0) is 17.1. The summed E-state index contributed by atoms with van der Waals surface area (Å²) in [6.07, 6.45) is 1.42. The zero-order valence-corrected chi connectivity index (χ0v) is 13.0. The van der Waals surface area contributed by atoms with Gasteiger partial charge in [0.2, 0.25) is 5.95 Å². The fourth-order valence-electron chi connectivity index (χ4n) is 2.03. The summed E-state index contributed by atoms with van der Waals surface area (Å²) in [5.41, 5.74) is 0.953. The van der Waals surface area contributed by atoms with E-state index in [9.17, 15) is 13.6 Å². The second kappa shape index (κ2) is 6.76. The molecule has 0 saturated carbocycles. The molecule has 0 radical (unpaired) electrons. The fraction of sp³-hybridized carbons (Fsp3) is 0.0625. The predicted octanol–water partition coefficient (Wildman–Crippen LogP) is 3.51. The number of nitrogens with zero attached hydrogens (tertiary/aromatic N) is 3. The Labute approximate surface area is 140 Å². The van der Waals surface area contributed by atoms with Gasteiger partial charge in [0, 0.05) is 10.6 Å². The molecule has 1 aromatic heterocycles. The van der Waals surface area contributed by atoms with E-state index in [-0.39, 0.29) is 23.1 Å². The van der Waals surface area contributed by atoms with E-state index < -0.39 is 17.5 Å². The lowest BCUT2D eigenvalue weighted by atomic mass is 10.2. The molecular formula is C16H11ClF2N4O. The second-order valence-electron chi connectivity index (χ2n) is 4.96. The number of halogens is 3. The van der Waals surface area contributed by atoms with Gasteiger partial charge in [-0.05, 0) is 42.0 Å². The van der Waals surface area contributed by atoms with E-state index in [0.29, 0.717) is 5.56 Å². The zero-order valence-electron chi connectivity index (χ0n) is 12.2. The van der Waals surface area contributed by atoms with Crippen LogP contribution in [-0.2, 0) is 6.54 Å². The minimum Gasteiger partial charge on any atom is -0.289 e. The Bertz CT molecular complexity index is 880. The molecule has 0 bridgehead atoms. The van der Waals surface area contributed by atoms with E-state index in [1.807, 2.05) is 0 Å². The van der Waals surface area contributed by atoms with E-state index in [1.165, 1.54) is 47.4 Å². The van der Waals surface area contributed by atoms with Crippen molar-refractivity contribution < 1.29 is 13.6 Å². The minimum absolute atomic E-state index is 0.0996. The van der Waals surface area contributed by atoms with E-state index in [1.54, 1.807) is 6.07 Å². The Morgan fingerprint density at radius 1 is 1.12 bits per heavy atom. The van der Waals surface area contributed by atoms with Gasteiger partial charge in [0.1, 0.15) is 18.0 Å². The Hall–Kier alpha value is -2.80. The third-order valence-corrected chi connectivity index (χ3v) is 3.57. The number of hydrogen-bond donors (Lipinski definition) is 1. The summed E-state index contributed by atoms with van der Waals surface area (Å²) in [4.78, 5) is 16.0. The summed E-state index contributed by atoms with van der Waals surface area (Å²) in [6.45, 7) is 0.276. The quantitative estimate of drug-likeness (QED) is 0.785. The number of hydrogen-bond acceptors (Lipinski definition) is 3. The topological polar surface area (TPSA) is 59.8 Å². The normalized spacial score (nSPS) is 10.6. The summed E-state index contributed by atoms with van der Waals surface area (Å²) >= 11 is 5.96. The molecule has 24 heavy (non-hydrogen) atoms. The Kier molecular flexibility index (Phi) is 4.52. The molecule has 5 nitrogen and oxygen atoms in total.